The second kappa shape index (κ2) is 10.4. The molecule has 31 heavy (non-hydrogen) atoms. The van der Waals surface area contributed by atoms with Crippen LogP contribution >= 0.6 is 23.2 Å². The van der Waals surface area contributed by atoms with Crippen LogP contribution in [0.25, 0.3) is 0 Å². The quantitative estimate of drug-likeness (QED) is 0.546. The molecule has 1 heterocycles. The largest absolute Gasteiger partial charge is 0.349 e. The van der Waals surface area contributed by atoms with Gasteiger partial charge in [0.05, 0.1) is 6.04 Å². The number of fused-ring (bicyclic) bond motifs is 1. The zero-order valence-corrected chi connectivity index (χ0v) is 19.8. The van der Waals surface area contributed by atoms with Crippen molar-refractivity contribution in [2.24, 2.45) is 5.92 Å². The number of benzene rings is 2. The minimum atomic E-state index is 0.0737. The molecule has 2 aliphatic rings. The van der Waals surface area contributed by atoms with Gasteiger partial charge in [-0.2, -0.15) is 0 Å². The van der Waals surface area contributed by atoms with Crippen LogP contribution in [0.2, 0.25) is 10.0 Å². The molecule has 1 atom stereocenters. The fourth-order valence-corrected chi connectivity index (χ4v) is 5.46. The van der Waals surface area contributed by atoms with E-state index in [1.807, 2.05) is 18.2 Å². The normalized spacial score (nSPS) is 18.4. The Morgan fingerprint density at radius 2 is 1.74 bits per heavy atom. The van der Waals surface area contributed by atoms with Gasteiger partial charge in [-0.15, -0.1) is 0 Å². The van der Waals surface area contributed by atoms with Gasteiger partial charge in [-0.25, -0.2) is 0 Å². The minimum absolute atomic E-state index is 0.0737. The molecule has 0 spiro atoms. The fraction of sp³-hybridized carbons (Fsp3) is 0.500. The van der Waals surface area contributed by atoms with E-state index in [4.69, 9.17) is 23.2 Å². The summed E-state index contributed by atoms with van der Waals surface area (Å²) in [7, 11) is 0. The Bertz CT molecular complexity index is 901. The maximum absolute atomic E-state index is 13.0. The van der Waals surface area contributed by atoms with Crippen molar-refractivity contribution < 1.29 is 4.79 Å². The Kier molecular flexibility index (Phi) is 7.58. The highest BCUT2D eigenvalue weighted by Crippen LogP contribution is 2.29. The molecule has 5 heteroatoms. The van der Waals surface area contributed by atoms with Crippen LogP contribution < -0.4 is 5.32 Å². The number of nitrogens with one attached hydrogen (secondary N) is 1. The van der Waals surface area contributed by atoms with Gasteiger partial charge in [-0.05, 0) is 86.9 Å². The summed E-state index contributed by atoms with van der Waals surface area (Å²) in [4.78, 5) is 15.4. The third-order valence-electron chi connectivity index (χ3n) is 6.90. The van der Waals surface area contributed by atoms with E-state index in [2.05, 4.69) is 35.3 Å². The molecule has 0 radical (unpaired) electrons. The molecule has 0 aromatic heterocycles. The molecule has 4 rings (SSSR count). The van der Waals surface area contributed by atoms with Gasteiger partial charge in [0, 0.05) is 28.1 Å². The monoisotopic (exact) mass is 458 g/mol. The highest BCUT2D eigenvalue weighted by atomic mass is 35.5. The van der Waals surface area contributed by atoms with Gasteiger partial charge in [-0.3, -0.25) is 9.69 Å². The zero-order valence-electron chi connectivity index (χ0n) is 18.3. The number of halogens is 2. The van der Waals surface area contributed by atoms with Crippen molar-refractivity contribution in [2.75, 3.05) is 13.1 Å². The number of nitrogens with zero attached hydrogens (tertiary/aromatic N) is 1. The van der Waals surface area contributed by atoms with E-state index in [1.165, 1.54) is 42.4 Å². The van der Waals surface area contributed by atoms with Crippen LogP contribution in [0.3, 0.4) is 0 Å². The lowest BCUT2D eigenvalue weighted by Crippen LogP contribution is -2.41. The molecule has 1 saturated heterocycles. The van der Waals surface area contributed by atoms with E-state index in [9.17, 15) is 4.79 Å². The number of rotatable bonds is 6. The number of piperidine rings is 1. The number of carbonyl (C=O) groups excluding carboxylic acids is 1. The predicted molar refractivity (Wildman–Crippen MR) is 129 cm³/mol. The second-order valence-corrected chi connectivity index (χ2v) is 9.77. The van der Waals surface area contributed by atoms with Crippen LogP contribution in [-0.4, -0.2) is 23.9 Å². The third-order valence-corrected chi connectivity index (χ3v) is 7.61. The summed E-state index contributed by atoms with van der Waals surface area (Å²) in [6.45, 7) is 4.66. The molecule has 0 bridgehead atoms. The van der Waals surface area contributed by atoms with E-state index in [0.29, 0.717) is 10.0 Å². The van der Waals surface area contributed by atoms with Crippen molar-refractivity contribution in [1.29, 1.82) is 0 Å². The van der Waals surface area contributed by atoms with Gasteiger partial charge in [-0.1, -0.05) is 54.4 Å². The molecule has 0 saturated carbocycles. The molecule has 1 aliphatic heterocycles. The first-order valence-electron chi connectivity index (χ1n) is 11.6. The first-order chi connectivity index (χ1) is 15.0. The maximum atomic E-state index is 13.0. The summed E-state index contributed by atoms with van der Waals surface area (Å²) < 4.78 is 0. The number of aryl methyl sites for hydroxylation is 2. The molecule has 1 N–H and O–H groups in total. The Labute approximate surface area is 196 Å². The van der Waals surface area contributed by atoms with Crippen LogP contribution in [0.4, 0.5) is 0 Å². The molecule has 3 nitrogen and oxygen atoms in total. The predicted octanol–water partition coefficient (Wildman–Crippen LogP) is 6.35. The lowest BCUT2D eigenvalue weighted by atomic mass is 9.88. The standard InChI is InChI=1S/C26H32Cl2N2O/c1-2-25(21-11-10-18-6-3-4-7-20(18)16-21)29-26(31)19-12-14-30(15-13-19)17-22-23(27)8-5-9-24(22)28/h5,8-11,16,19,25H,2-4,6-7,12-15,17H2,1H3,(H,29,31). The molecule has 1 unspecified atom stereocenters. The highest BCUT2D eigenvalue weighted by Gasteiger charge is 2.27. The van der Waals surface area contributed by atoms with Crippen LogP contribution in [0.1, 0.15) is 67.3 Å². The van der Waals surface area contributed by atoms with Crippen LogP contribution in [0.5, 0.6) is 0 Å². The minimum Gasteiger partial charge on any atom is -0.349 e. The van der Waals surface area contributed by atoms with E-state index in [1.54, 1.807) is 0 Å². The van der Waals surface area contributed by atoms with Gasteiger partial charge in [0.1, 0.15) is 0 Å². The zero-order chi connectivity index (χ0) is 21.8. The lowest BCUT2D eigenvalue weighted by molar-refractivity contribution is -0.127. The number of amides is 1. The molecule has 1 amide bonds. The molecule has 166 valence electrons. The highest BCUT2D eigenvalue weighted by molar-refractivity contribution is 6.35. The first-order valence-corrected chi connectivity index (χ1v) is 12.4. The Morgan fingerprint density at radius 3 is 2.42 bits per heavy atom. The van der Waals surface area contributed by atoms with E-state index in [0.717, 1.165) is 44.5 Å². The Balaban J connectivity index is 1.33. The van der Waals surface area contributed by atoms with E-state index < -0.39 is 0 Å². The molecular formula is C26H32Cl2N2O. The topological polar surface area (TPSA) is 32.3 Å². The smallest absolute Gasteiger partial charge is 0.223 e. The van der Waals surface area contributed by atoms with Gasteiger partial charge >= 0.3 is 0 Å². The van der Waals surface area contributed by atoms with Crippen LogP contribution in [0.15, 0.2) is 36.4 Å². The summed E-state index contributed by atoms with van der Waals surface area (Å²) in [6, 6.07) is 12.6. The summed E-state index contributed by atoms with van der Waals surface area (Å²) in [5, 5.41) is 4.77. The average Bonchev–Trinajstić information content (AvgIpc) is 2.80. The van der Waals surface area contributed by atoms with Crippen molar-refractivity contribution >= 4 is 29.1 Å². The average molecular weight is 459 g/mol. The van der Waals surface area contributed by atoms with Crippen molar-refractivity contribution in [3.05, 3.63) is 68.7 Å². The number of likely N-dealkylation sites (tertiary alicyclic amines) is 1. The van der Waals surface area contributed by atoms with Gasteiger partial charge < -0.3 is 5.32 Å². The van der Waals surface area contributed by atoms with E-state index in [-0.39, 0.29) is 17.9 Å². The molecule has 2 aromatic rings. The van der Waals surface area contributed by atoms with Crippen molar-refractivity contribution in [3.63, 3.8) is 0 Å². The SMILES string of the molecule is CCC(NC(=O)C1CCN(Cc2c(Cl)cccc2Cl)CC1)c1ccc2c(c1)CCCC2. The fourth-order valence-electron chi connectivity index (χ4n) is 4.94. The summed E-state index contributed by atoms with van der Waals surface area (Å²) in [6.07, 6.45) is 7.58. The van der Waals surface area contributed by atoms with E-state index >= 15 is 0 Å². The van der Waals surface area contributed by atoms with Crippen molar-refractivity contribution in [3.8, 4) is 0 Å². The van der Waals surface area contributed by atoms with Crippen molar-refractivity contribution in [1.82, 2.24) is 10.2 Å². The van der Waals surface area contributed by atoms with Crippen molar-refractivity contribution in [2.45, 2.75) is 64.5 Å². The molecule has 2 aromatic carbocycles. The third kappa shape index (κ3) is 5.45. The van der Waals surface area contributed by atoms with Gasteiger partial charge in [0.2, 0.25) is 5.91 Å². The van der Waals surface area contributed by atoms with Crippen LogP contribution in [-0.2, 0) is 24.2 Å². The summed E-state index contributed by atoms with van der Waals surface area (Å²) >= 11 is 12.7. The summed E-state index contributed by atoms with van der Waals surface area (Å²) in [5.74, 6) is 0.268. The van der Waals surface area contributed by atoms with Crippen LogP contribution in [0, 0.1) is 5.92 Å². The molecule has 1 fully saturated rings. The first kappa shape index (κ1) is 22.6. The summed E-state index contributed by atoms with van der Waals surface area (Å²) in [5.41, 5.74) is 5.19. The number of hydrogen-bond acceptors (Lipinski definition) is 2. The second-order valence-electron chi connectivity index (χ2n) is 8.96. The Hall–Kier alpha value is -1.55. The lowest BCUT2D eigenvalue weighted by Gasteiger charge is -2.32. The Morgan fingerprint density at radius 1 is 1.06 bits per heavy atom. The number of hydrogen-bond donors (Lipinski definition) is 1. The van der Waals surface area contributed by atoms with Gasteiger partial charge in [0.25, 0.3) is 0 Å². The maximum Gasteiger partial charge on any atom is 0.223 e. The molecule has 1 aliphatic carbocycles. The number of carbonyl (C=O) groups is 1. The van der Waals surface area contributed by atoms with Gasteiger partial charge in [0.15, 0.2) is 0 Å². The molecular weight excluding hydrogens is 427 g/mol.